The van der Waals surface area contributed by atoms with Gasteiger partial charge in [0.2, 0.25) is 17.7 Å². The molecule has 0 aromatic carbocycles. The topological polar surface area (TPSA) is 96.9 Å². The van der Waals surface area contributed by atoms with Crippen molar-refractivity contribution in [3.63, 3.8) is 0 Å². The van der Waals surface area contributed by atoms with Crippen molar-refractivity contribution < 1.29 is 23.9 Å². The fraction of sp³-hybridized carbons (Fsp3) is 0.632. The predicted molar refractivity (Wildman–Crippen MR) is 102 cm³/mol. The standard InChI is InChI=1S/C19H25N3O5S/c1-4-21(12(3)23)19-20-13(10-28-19)9-27-18(26)11(2)22-16(24)14-7-5-6-8-15(14)17(22)25/h10-11,14-15H,4-9H2,1-3H3. The molecule has 1 saturated carbocycles. The molecular formula is C19H25N3O5S. The highest BCUT2D eigenvalue weighted by molar-refractivity contribution is 7.14. The summed E-state index contributed by atoms with van der Waals surface area (Å²) < 4.78 is 5.30. The molecule has 2 fully saturated rings. The molecule has 1 aromatic heterocycles. The van der Waals surface area contributed by atoms with Crippen LogP contribution in [0.4, 0.5) is 5.13 Å². The van der Waals surface area contributed by atoms with E-state index in [1.54, 1.807) is 5.38 Å². The lowest BCUT2D eigenvalue weighted by Crippen LogP contribution is -2.44. The number of esters is 1. The van der Waals surface area contributed by atoms with Crippen LogP contribution in [0, 0.1) is 11.8 Å². The van der Waals surface area contributed by atoms with E-state index in [0.29, 0.717) is 30.2 Å². The Morgan fingerprint density at radius 2 is 1.89 bits per heavy atom. The summed E-state index contributed by atoms with van der Waals surface area (Å²) in [6.07, 6.45) is 3.29. The smallest absolute Gasteiger partial charge is 0.329 e. The van der Waals surface area contributed by atoms with E-state index in [9.17, 15) is 19.2 Å². The van der Waals surface area contributed by atoms with Crippen LogP contribution in [0.2, 0.25) is 0 Å². The predicted octanol–water partition coefficient (Wildman–Crippen LogP) is 2.12. The van der Waals surface area contributed by atoms with E-state index in [0.717, 1.165) is 17.7 Å². The van der Waals surface area contributed by atoms with Crippen molar-refractivity contribution in [2.75, 3.05) is 11.4 Å². The van der Waals surface area contributed by atoms with Crippen LogP contribution in [-0.2, 0) is 30.5 Å². The average Bonchev–Trinajstić information content (AvgIpc) is 3.23. The van der Waals surface area contributed by atoms with Crippen LogP contribution >= 0.6 is 11.3 Å². The second-order valence-corrected chi connectivity index (χ2v) is 8.05. The maximum Gasteiger partial charge on any atom is 0.329 e. The lowest BCUT2D eigenvalue weighted by molar-refractivity contribution is -0.159. The van der Waals surface area contributed by atoms with Crippen molar-refractivity contribution in [1.82, 2.24) is 9.88 Å². The number of thiazole rings is 1. The van der Waals surface area contributed by atoms with Crippen LogP contribution in [0.3, 0.4) is 0 Å². The third kappa shape index (κ3) is 3.80. The van der Waals surface area contributed by atoms with Gasteiger partial charge < -0.3 is 4.74 Å². The van der Waals surface area contributed by atoms with Gasteiger partial charge in [0.15, 0.2) is 5.13 Å². The van der Waals surface area contributed by atoms with Crippen LogP contribution in [0.5, 0.6) is 0 Å². The average molecular weight is 407 g/mol. The molecule has 2 heterocycles. The summed E-state index contributed by atoms with van der Waals surface area (Å²) in [5, 5.41) is 2.27. The summed E-state index contributed by atoms with van der Waals surface area (Å²) in [5.41, 5.74) is 0.521. The number of rotatable bonds is 6. The number of aromatic nitrogens is 1. The Morgan fingerprint density at radius 1 is 1.29 bits per heavy atom. The number of hydrogen-bond donors (Lipinski definition) is 0. The Morgan fingerprint density at radius 3 is 2.43 bits per heavy atom. The zero-order valence-corrected chi connectivity index (χ0v) is 17.2. The molecule has 3 atom stereocenters. The van der Waals surface area contributed by atoms with Crippen LogP contribution in [-0.4, -0.2) is 46.2 Å². The lowest BCUT2D eigenvalue weighted by atomic mass is 9.81. The molecule has 0 radical (unpaired) electrons. The highest BCUT2D eigenvalue weighted by atomic mass is 32.1. The largest absolute Gasteiger partial charge is 0.458 e. The molecule has 3 rings (SSSR count). The first kappa shape index (κ1) is 20.4. The molecule has 3 amide bonds. The second kappa shape index (κ2) is 8.38. The highest BCUT2D eigenvalue weighted by Crippen LogP contribution is 2.39. The van der Waals surface area contributed by atoms with Gasteiger partial charge in [-0.15, -0.1) is 11.3 Å². The van der Waals surface area contributed by atoms with Gasteiger partial charge in [-0.2, -0.15) is 0 Å². The van der Waals surface area contributed by atoms with Crippen LogP contribution in [0.15, 0.2) is 5.38 Å². The number of nitrogens with zero attached hydrogens (tertiary/aromatic N) is 3. The van der Waals surface area contributed by atoms with Crippen LogP contribution in [0.25, 0.3) is 0 Å². The van der Waals surface area contributed by atoms with Crippen molar-refractivity contribution in [1.29, 1.82) is 0 Å². The number of anilines is 1. The number of carbonyl (C=O) groups is 4. The lowest BCUT2D eigenvalue weighted by Gasteiger charge is -2.21. The van der Waals surface area contributed by atoms with E-state index in [-0.39, 0.29) is 36.2 Å². The van der Waals surface area contributed by atoms with Crippen molar-refractivity contribution in [2.24, 2.45) is 11.8 Å². The summed E-state index contributed by atoms with van der Waals surface area (Å²) in [7, 11) is 0. The number of ether oxygens (including phenoxy) is 1. The molecule has 1 aliphatic carbocycles. The fourth-order valence-electron chi connectivity index (χ4n) is 3.92. The normalized spacial score (nSPS) is 22.8. The second-order valence-electron chi connectivity index (χ2n) is 7.21. The molecule has 0 bridgehead atoms. The molecule has 3 unspecified atom stereocenters. The molecule has 0 N–H and O–H groups in total. The number of fused-ring (bicyclic) bond motifs is 1. The summed E-state index contributed by atoms with van der Waals surface area (Å²) in [6.45, 7) is 5.27. The summed E-state index contributed by atoms with van der Waals surface area (Å²) in [6, 6.07) is -0.951. The van der Waals surface area contributed by atoms with Crippen molar-refractivity contribution in [3.05, 3.63) is 11.1 Å². The monoisotopic (exact) mass is 407 g/mol. The third-order valence-electron chi connectivity index (χ3n) is 5.43. The van der Waals surface area contributed by atoms with Gasteiger partial charge in [0.1, 0.15) is 12.6 Å². The molecular weight excluding hydrogens is 382 g/mol. The third-order valence-corrected chi connectivity index (χ3v) is 6.35. The summed E-state index contributed by atoms with van der Waals surface area (Å²) in [5.74, 6) is -1.82. The molecule has 1 aromatic rings. The van der Waals surface area contributed by atoms with Gasteiger partial charge in [0, 0.05) is 18.8 Å². The molecule has 8 nitrogen and oxygen atoms in total. The van der Waals surface area contributed by atoms with E-state index >= 15 is 0 Å². The van der Waals surface area contributed by atoms with E-state index in [2.05, 4.69) is 4.98 Å². The molecule has 28 heavy (non-hydrogen) atoms. The van der Waals surface area contributed by atoms with Crippen molar-refractivity contribution >= 4 is 40.2 Å². The zero-order valence-electron chi connectivity index (χ0n) is 16.3. The maximum absolute atomic E-state index is 12.6. The Labute approximate surface area is 167 Å². The molecule has 2 aliphatic rings. The molecule has 1 saturated heterocycles. The van der Waals surface area contributed by atoms with Crippen molar-refractivity contribution in [3.8, 4) is 0 Å². The Bertz CT molecular complexity index is 768. The van der Waals surface area contributed by atoms with E-state index < -0.39 is 12.0 Å². The number of imide groups is 1. The number of amides is 3. The van der Waals surface area contributed by atoms with Gasteiger partial charge in [-0.3, -0.25) is 24.2 Å². The summed E-state index contributed by atoms with van der Waals surface area (Å²) >= 11 is 1.29. The van der Waals surface area contributed by atoms with Crippen LogP contribution in [0.1, 0.15) is 52.1 Å². The van der Waals surface area contributed by atoms with Gasteiger partial charge in [-0.25, -0.2) is 9.78 Å². The zero-order chi connectivity index (χ0) is 20.4. The quantitative estimate of drug-likeness (QED) is 0.529. The van der Waals surface area contributed by atoms with E-state index in [4.69, 9.17) is 4.74 Å². The first-order valence-electron chi connectivity index (χ1n) is 9.61. The molecule has 152 valence electrons. The van der Waals surface area contributed by atoms with Crippen LogP contribution < -0.4 is 4.90 Å². The molecule has 1 aliphatic heterocycles. The minimum absolute atomic E-state index is 0.0712. The maximum atomic E-state index is 12.6. The first-order chi connectivity index (χ1) is 13.3. The Hall–Kier alpha value is -2.29. The van der Waals surface area contributed by atoms with Gasteiger partial charge in [-0.1, -0.05) is 12.8 Å². The number of hydrogen-bond acceptors (Lipinski definition) is 7. The SMILES string of the molecule is CCN(C(C)=O)c1nc(COC(=O)C(C)N2C(=O)C3CCCCC3C2=O)cs1. The minimum atomic E-state index is -0.951. The number of carbonyl (C=O) groups excluding carboxylic acids is 4. The Kier molecular flexibility index (Phi) is 6.12. The Balaban J connectivity index is 1.61. The molecule has 9 heteroatoms. The minimum Gasteiger partial charge on any atom is -0.458 e. The summed E-state index contributed by atoms with van der Waals surface area (Å²) in [4.78, 5) is 56.2. The van der Waals surface area contributed by atoms with Gasteiger partial charge >= 0.3 is 5.97 Å². The number of likely N-dealkylation sites (tertiary alicyclic amines) is 1. The van der Waals surface area contributed by atoms with Gasteiger partial charge in [-0.05, 0) is 26.7 Å². The molecule has 0 spiro atoms. The van der Waals surface area contributed by atoms with Gasteiger partial charge in [0.05, 0.1) is 17.5 Å². The highest BCUT2D eigenvalue weighted by Gasteiger charge is 2.51. The van der Waals surface area contributed by atoms with Crippen molar-refractivity contribution in [2.45, 2.75) is 59.1 Å². The van der Waals surface area contributed by atoms with E-state index in [1.165, 1.54) is 30.1 Å². The van der Waals surface area contributed by atoms with Gasteiger partial charge in [0.25, 0.3) is 0 Å². The first-order valence-corrected chi connectivity index (χ1v) is 10.5. The van der Waals surface area contributed by atoms with E-state index in [1.807, 2.05) is 6.92 Å². The fourth-order valence-corrected chi connectivity index (χ4v) is 4.84.